The molecule has 0 bridgehead atoms. The summed E-state index contributed by atoms with van der Waals surface area (Å²) in [4.78, 5) is 4.43. The van der Waals surface area contributed by atoms with E-state index < -0.39 is 5.60 Å². The molecule has 0 fully saturated rings. The summed E-state index contributed by atoms with van der Waals surface area (Å²) in [5.74, 6) is 0.739. The summed E-state index contributed by atoms with van der Waals surface area (Å²) in [5, 5.41) is 0.618. The van der Waals surface area contributed by atoms with E-state index in [1.54, 1.807) is 6.20 Å². The van der Waals surface area contributed by atoms with Crippen molar-refractivity contribution in [2.24, 2.45) is 0 Å². The van der Waals surface area contributed by atoms with Crippen LogP contribution in [-0.2, 0) is 5.60 Å². The number of hydrogen-bond donors (Lipinski definition) is 1. The zero-order valence-electron chi connectivity index (χ0n) is 13.4. The number of ether oxygens (including phenoxy) is 1. The third-order valence-corrected chi connectivity index (χ3v) is 3.65. The number of rotatable bonds is 4. The lowest BCUT2D eigenvalue weighted by molar-refractivity contribution is 0.103. The summed E-state index contributed by atoms with van der Waals surface area (Å²) in [6.07, 6.45) is 1.64. The summed E-state index contributed by atoms with van der Waals surface area (Å²) in [7, 11) is 0. The molecule has 0 atom stereocenters. The van der Waals surface area contributed by atoms with Crippen LogP contribution in [0.5, 0.6) is 5.75 Å². The van der Waals surface area contributed by atoms with Crippen molar-refractivity contribution in [2.45, 2.75) is 33.3 Å². The summed E-state index contributed by atoms with van der Waals surface area (Å²) >= 11 is 5.98. The molecule has 2 rings (SSSR count). The van der Waals surface area contributed by atoms with Crippen molar-refractivity contribution in [3.05, 3.63) is 58.9 Å². The molecule has 2 N–H and O–H groups in total. The molecule has 0 saturated carbocycles. The van der Waals surface area contributed by atoms with Gasteiger partial charge in [-0.2, -0.15) is 0 Å². The second-order valence-corrected chi connectivity index (χ2v) is 6.40. The van der Waals surface area contributed by atoms with Gasteiger partial charge in [-0.15, -0.1) is 0 Å². The average Bonchev–Trinajstić information content (AvgIpc) is 2.39. The van der Waals surface area contributed by atoms with Gasteiger partial charge in [-0.25, -0.2) is 0 Å². The van der Waals surface area contributed by atoms with Gasteiger partial charge in [0, 0.05) is 17.4 Å². The van der Waals surface area contributed by atoms with Crippen molar-refractivity contribution < 1.29 is 4.74 Å². The number of benzene rings is 1. The Morgan fingerprint density at radius 3 is 2.59 bits per heavy atom. The van der Waals surface area contributed by atoms with Gasteiger partial charge in [0.1, 0.15) is 11.4 Å². The molecule has 1 heterocycles. The van der Waals surface area contributed by atoms with Crippen molar-refractivity contribution in [1.29, 1.82) is 0 Å². The van der Waals surface area contributed by atoms with Crippen molar-refractivity contribution in [3.63, 3.8) is 0 Å². The molecule has 0 unspecified atom stereocenters. The molecule has 1 aromatic carbocycles. The molecule has 0 aliphatic heterocycles. The Hall–Kier alpha value is -2.00. The number of hydrogen-bond acceptors (Lipinski definition) is 3. The minimum Gasteiger partial charge on any atom is -0.481 e. The summed E-state index contributed by atoms with van der Waals surface area (Å²) < 4.78 is 6.23. The Morgan fingerprint density at radius 1 is 1.32 bits per heavy atom. The molecule has 22 heavy (non-hydrogen) atoms. The third kappa shape index (κ3) is 3.42. The van der Waals surface area contributed by atoms with Crippen LogP contribution < -0.4 is 10.5 Å². The highest BCUT2D eigenvalue weighted by Crippen LogP contribution is 2.34. The van der Waals surface area contributed by atoms with E-state index in [9.17, 15) is 0 Å². The fourth-order valence-corrected chi connectivity index (χ4v) is 2.68. The van der Waals surface area contributed by atoms with Crippen LogP contribution in [-0.4, -0.2) is 4.98 Å². The first-order valence-electron chi connectivity index (χ1n) is 7.08. The molecule has 0 saturated heterocycles. The van der Waals surface area contributed by atoms with E-state index in [0.717, 1.165) is 28.1 Å². The van der Waals surface area contributed by atoms with Crippen LogP contribution in [0.15, 0.2) is 37.0 Å². The van der Waals surface area contributed by atoms with E-state index >= 15 is 0 Å². The first kappa shape index (κ1) is 16.4. The molecule has 0 radical (unpaired) electrons. The SMILES string of the molecule is C=C(C)c1cc(N)ccc1OC(C)(C)c1ncc(Cl)cc1C. The smallest absolute Gasteiger partial charge is 0.145 e. The summed E-state index contributed by atoms with van der Waals surface area (Å²) in [6, 6.07) is 7.44. The van der Waals surface area contributed by atoms with Gasteiger partial charge in [-0.05, 0) is 63.1 Å². The Bertz CT molecular complexity index is 723. The minimum atomic E-state index is -0.602. The molecule has 0 aliphatic rings. The summed E-state index contributed by atoms with van der Waals surface area (Å²) in [5.41, 5.74) is 9.58. The van der Waals surface area contributed by atoms with Crippen LogP contribution in [0.3, 0.4) is 0 Å². The van der Waals surface area contributed by atoms with Crippen LogP contribution in [0, 0.1) is 6.92 Å². The molecule has 3 nitrogen and oxygen atoms in total. The van der Waals surface area contributed by atoms with Crippen molar-refractivity contribution in [3.8, 4) is 5.75 Å². The Balaban J connectivity index is 2.42. The van der Waals surface area contributed by atoms with E-state index in [0.29, 0.717) is 10.7 Å². The van der Waals surface area contributed by atoms with E-state index in [4.69, 9.17) is 22.1 Å². The minimum absolute atomic E-state index is 0.602. The summed E-state index contributed by atoms with van der Waals surface area (Å²) in [6.45, 7) is 11.9. The van der Waals surface area contributed by atoms with Crippen LogP contribution in [0.2, 0.25) is 5.02 Å². The topological polar surface area (TPSA) is 48.1 Å². The van der Waals surface area contributed by atoms with Gasteiger partial charge in [0.2, 0.25) is 0 Å². The van der Waals surface area contributed by atoms with Gasteiger partial charge in [-0.1, -0.05) is 18.2 Å². The number of nitrogens with zero attached hydrogens (tertiary/aromatic N) is 1. The molecule has 2 aromatic rings. The number of allylic oxidation sites excluding steroid dienone is 1. The van der Waals surface area contributed by atoms with E-state index in [1.807, 2.05) is 52.0 Å². The van der Waals surface area contributed by atoms with Crippen molar-refractivity contribution >= 4 is 22.9 Å². The first-order chi connectivity index (χ1) is 10.2. The highest BCUT2D eigenvalue weighted by Gasteiger charge is 2.27. The first-order valence-corrected chi connectivity index (χ1v) is 7.45. The maximum Gasteiger partial charge on any atom is 0.145 e. The van der Waals surface area contributed by atoms with E-state index in [1.165, 1.54) is 0 Å². The van der Waals surface area contributed by atoms with Crippen LogP contribution in [0.25, 0.3) is 5.57 Å². The highest BCUT2D eigenvalue weighted by molar-refractivity contribution is 6.30. The molecular formula is C18H21ClN2O. The average molecular weight is 317 g/mol. The Morgan fingerprint density at radius 2 is 2.00 bits per heavy atom. The molecule has 0 aliphatic carbocycles. The Labute approximate surface area is 136 Å². The largest absolute Gasteiger partial charge is 0.481 e. The molecular weight excluding hydrogens is 296 g/mol. The Kier molecular flexibility index (Phi) is 4.47. The number of aryl methyl sites for hydroxylation is 1. The normalized spacial score (nSPS) is 11.3. The van der Waals surface area contributed by atoms with Crippen molar-refractivity contribution in [1.82, 2.24) is 4.98 Å². The lowest BCUT2D eigenvalue weighted by Crippen LogP contribution is -2.28. The number of nitrogen functional groups attached to an aromatic ring is 1. The second-order valence-electron chi connectivity index (χ2n) is 5.97. The number of anilines is 1. The number of pyridine rings is 1. The number of halogens is 1. The number of nitrogens with two attached hydrogens (primary N) is 1. The van der Waals surface area contributed by atoms with Crippen molar-refractivity contribution in [2.75, 3.05) is 5.73 Å². The highest BCUT2D eigenvalue weighted by atomic mass is 35.5. The van der Waals surface area contributed by atoms with Gasteiger partial charge in [0.05, 0.1) is 10.7 Å². The predicted molar refractivity (Wildman–Crippen MR) is 93.2 cm³/mol. The monoisotopic (exact) mass is 316 g/mol. The van der Waals surface area contributed by atoms with Gasteiger partial charge in [0.15, 0.2) is 0 Å². The van der Waals surface area contributed by atoms with Gasteiger partial charge in [0.25, 0.3) is 0 Å². The maximum absolute atomic E-state index is 6.23. The second kappa shape index (κ2) is 6.01. The molecule has 1 aromatic heterocycles. The molecule has 4 heteroatoms. The van der Waals surface area contributed by atoms with Crippen LogP contribution in [0.4, 0.5) is 5.69 Å². The fourth-order valence-electron chi connectivity index (χ4n) is 2.46. The van der Waals surface area contributed by atoms with E-state index in [2.05, 4.69) is 11.6 Å². The molecule has 0 amide bonds. The van der Waals surface area contributed by atoms with Crippen LogP contribution >= 0.6 is 11.6 Å². The third-order valence-electron chi connectivity index (χ3n) is 3.44. The lowest BCUT2D eigenvalue weighted by Gasteiger charge is -2.28. The molecule has 0 spiro atoms. The van der Waals surface area contributed by atoms with Crippen LogP contribution in [0.1, 0.15) is 37.6 Å². The van der Waals surface area contributed by atoms with E-state index in [-0.39, 0.29) is 0 Å². The standard InChI is InChI=1S/C18H21ClN2O/c1-11(2)15-9-14(20)6-7-16(15)22-18(4,5)17-12(3)8-13(19)10-21-17/h6-10H,1,20H2,2-5H3. The molecule has 116 valence electrons. The van der Waals surface area contributed by atoms with Gasteiger partial charge in [-0.3, -0.25) is 4.98 Å². The quantitative estimate of drug-likeness (QED) is 0.810. The van der Waals surface area contributed by atoms with Gasteiger partial charge < -0.3 is 10.5 Å². The fraction of sp³-hybridized carbons (Fsp3) is 0.278. The van der Waals surface area contributed by atoms with Gasteiger partial charge >= 0.3 is 0 Å². The maximum atomic E-state index is 6.23. The zero-order valence-corrected chi connectivity index (χ0v) is 14.2. The lowest BCUT2D eigenvalue weighted by atomic mass is 9.99. The predicted octanol–water partition coefficient (Wildman–Crippen LogP) is 4.97. The number of aromatic nitrogens is 1. The zero-order chi connectivity index (χ0) is 16.5.